The van der Waals surface area contributed by atoms with Crippen LogP contribution in [0.4, 0.5) is 27.7 Å². The number of anilines is 4. The summed E-state index contributed by atoms with van der Waals surface area (Å²) in [5.41, 5.74) is 4.83. The lowest BCUT2D eigenvalue weighted by atomic mass is 9.90. The number of piperazine rings is 1. The van der Waals surface area contributed by atoms with Crippen LogP contribution in [0, 0.1) is 11.3 Å². The number of urea groups is 1. The fourth-order valence-electron chi connectivity index (χ4n) is 9.52. The summed E-state index contributed by atoms with van der Waals surface area (Å²) in [5.74, 6) is 0.565. The summed E-state index contributed by atoms with van der Waals surface area (Å²) >= 11 is 0. The number of benzene rings is 3. The number of carbonyl (C=O) groups is 2. The van der Waals surface area contributed by atoms with Crippen LogP contribution in [0.2, 0.25) is 0 Å². The predicted molar refractivity (Wildman–Crippen MR) is 239 cm³/mol. The Morgan fingerprint density at radius 1 is 0.841 bits per heavy atom. The van der Waals surface area contributed by atoms with Crippen molar-refractivity contribution in [2.45, 2.75) is 101 Å². The van der Waals surface area contributed by atoms with E-state index in [1.807, 2.05) is 41.3 Å². The molecule has 0 spiro atoms. The first kappa shape index (κ1) is 44.0. The second-order valence-electron chi connectivity index (χ2n) is 17.0. The molecule has 16 nitrogen and oxygen atoms in total. The van der Waals surface area contributed by atoms with Gasteiger partial charge in [0.1, 0.15) is 36.8 Å². The van der Waals surface area contributed by atoms with Crippen LogP contribution in [0.1, 0.15) is 86.1 Å². The van der Waals surface area contributed by atoms with Crippen LogP contribution in [0.25, 0.3) is 0 Å². The highest BCUT2D eigenvalue weighted by atomic mass is 16.3. The van der Waals surface area contributed by atoms with Crippen molar-refractivity contribution in [2.24, 2.45) is 0 Å². The topological polar surface area (TPSA) is 213 Å². The second-order valence-corrected chi connectivity index (χ2v) is 17.0. The first-order valence-corrected chi connectivity index (χ1v) is 22.1. The standard InChI is InChI=1S/C47H58N10O6/c48-28-32-11-21-40(49-30-32)51-33-12-14-35(15-13-33)56(47(63)50-29-31-6-2-1-3-7-31)36-18-16-34(17-19-36)55-26-24-54(25-27-55)23-5-10-41(58)52-38-9-4-8-37-43(38)46(62)57(45(37)61)39-20-22-42(59)53-44(39)60/h1-4,6-9,11,16-19,21,30,33,35,39,42,44-46,53,59-62H,5,10,12-15,20,22-27,29H2,(H,49,51)(H,50,63)(H,52,58)/t33?,35?,39-,42-,44-,45-,46-/m1/s1. The molecule has 0 radical (unpaired) electrons. The van der Waals surface area contributed by atoms with Gasteiger partial charge in [-0.15, -0.1) is 0 Å². The number of pyridine rings is 1. The van der Waals surface area contributed by atoms with E-state index in [1.165, 1.54) is 4.90 Å². The van der Waals surface area contributed by atoms with E-state index in [2.05, 4.69) is 66.4 Å². The molecule has 332 valence electrons. The van der Waals surface area contributed by atoms with Crippen molar-refractivity contribution in [1.29, 1.82) is 5.26 Å². The van der Waals surface area contributed by atoms with Gasteiger partial charge in [-0.25, -0.2) is 14.7 Å². The van der Waals surface area contributed by atoms with Gasteiger partial charge in [0.2, 0.25) is 5.91 Å². The zero-order valence-corrected chi connectivity index (χ0v) is 35.4. The molecule has 4 aromatic rings. The number of aromatic nitrogens is 1. The Morgan fingerprint density at radius 3 is 2.30 bits per heavy atom. The molecule has 0 bridgehead atoms. The zero-order chi connectivity index (χ0) is 43.9. The van der Waals surface area contributed by atoms with E-state index in [1.54, 1.807) is 30.5 Å². The molecular formula is C47H58N10O6. The van der Waals surface area contributed by atoms with Crippen LogP contribution < -0.4 is 31.1 Å². The number of rotatable bonds is 13. The van der Waals surface area contributed by atoms with Crippen LogP contribution in [-0.2, 0) is 11.3 Å². The molecule has 16 heteroatoms. The fraction of sp³-hybridized carbons (Fsp3) is 0.447. The summed E-state index contributed by atoms with van der Waals surface area (Å²) in [5, 5.41) is 64.2. The molecule has 4 heterocycles. The number of hydrogen-bond donors (Lipinski definition) is 8. The minimum absolute atomic E-state index is 0.0261. The van der Waals surface area contributed by atoms with Gasteiger partial charge in [0.05, 0.1) is 11.6 Å². The van der Waals surface area contributed by atoms with E-state index in [0.717, 1.165) is 81.2 Å². The summed E-state index contributed by atoms with van der Waals surface area (Å²) < 4.78 is 0. The van der Waals surface area contributed by atoms with Gasteiger partial charge in [-0.2, -0.15) is 5.26 Å². The summed E-state index contributed by atoms with van der Waals surface area (Å²) in [6.07, 6.45) is 2.25. The number of amides is 3. The average molecular weight is 859 g/mol. The molecule has 8 rings (SSSR count). The Labute approximate surface area is 368 Å². The maximum Gasteiger partial charge on any atom is 0.322 e. The van der Waals surface area contributed by atoms with Crippen LogP contribution in [0.3, 0.4) is 0 Å². The molecule has 0 unspecified atom stereocenters. The zero-order valence-electron chi connectivity index (χ0n) is 35.4. The third-order valence-electron chi connectivity index (χ3n) is 12.9. The van der Waals surface area contributed by atoms with Gasteiger partial charge in [-0.1, -0.05) is 42.5 Å². The van der Waals surface area contributed by atoms with Crippen molar-refractivity contribution < 1.29 is 30.0 Å². The number of piperidine rings is 1. The van der Waals surface area contributed by atoms with E-state index in [0.29, 0.717) is 54.6 Å². The van der Waals surface area contributed by atoms with Crippen molar-refractivity contribution in [3.63, 3.8) is 0 Å². The second kappa shape index (κ2) is 20.2. The molecule has 1 aliphatic carbocycles. The van der Waals surface area contributed by atoms with Crippen LogP contribution >= 0.6 is 0 Å². The van der Waals surface area contributed by atoms with Gasteiger partial charge in [0.15, 0.2) is 0 Å². The van der Waals surface area contributed by atoms with Crippen molar-refractivity contribution >= 4 is 34.8 Å². The van der Waals surface area contributed by atoms with Gasteiger partial charge in [-0.3, -0.25) is 19.9 Å². The van der Waals surface area contributed by atoms with Crippen molar-refractivity contribution in [2.75, 3.05) is 53.2 Å². The van der Waals surface area contributed by atoms with Gasteiger partial charge in [0, 0.05) is 85.6 Å². The molecule has 3 fully saturated rings. The number of nitrogens with one attached hydrogen (secondary N) is 4. The lowest BCUT2D eigenvalue weighted by Crippen LogP contribution is -2.57. The minimum atomic E-state index is -1.24. The molecule has 5 atom stereocenters. The van der Waals surface area contributed by atoms with Gasteiger partial charge in [-0.05, 0) is 99.5 Å². The van der Waals surface area contributed by atoms with Crippen LogP contribution in [0.5, 0.6) is 0 Å². The Morgan fingerprint density at radius 2 is 1.60 bits per heavy atom. The van der Waals surface area contributed by atoms with E-state index >= 15 is 0 Å². The first-order valence-electron chi connectivity index (χ1n) is 22.1. The lowest BCUT2D eigenvalue weighted by molar-refractivity contribution is -0.158. The number of nitrogens with zero attached hydrogens (tertiary/aromatic N) is 6. The van der Waals surface area contributed by atoms with E-state index in [9.17, 15) is 30.0 Å². The lowest BCUT2D eigenvalue weighted by Gasteiger charge is -2.40. The highest BCUT2D eigenvalue weighted by molar-refractivity contribution is 5.93. The molecule has 3 amide bonds. The summed E-state index contributed by atoms with van der Waals surface area (Å²) in [7, 11) is 0. The number of aliphatic hydroxyl groups is 4. The Hall–Kier alpha value is -5.64. The first-order chi connectivity index (χ1) is 30.6. The molecule has 63 heavy (non-hydrogen) atoms. The van der Waals surface area contributed by atoms with Gasteiger partial charge >= 0.3 is 6.03 Å². The van der Waals surface area contributed by atoms with Crippen molar-refractivity contribution in [3.8, 4) is 6.07 Å². The molecule has 3 aliphatic heterocycles. The number of carbonyl (C=O) groups excluding carboxylic acids is 2. The summed E-state index contributed by atoms with van der Waals surface area (Å²) in [6, 6.07) is 28.6. The van der Waals surface area contributed by atoms with Crippen LogP contribution in [-0.4, -0.2) is 110 Å². The summed E-state index contributed by atoms with van der Waals surface area (Å²) in [4.78, 5) is 39.5. The third-order valence-corrected chi connectivity index (χ3v) is 12.9. The highest BCUT2D eigenvalue weighted by Crippen LogP contribution is 2.45. The molecule has 1 aromatic heterocycles. The molecule has 3 aromatic carbocycles. The van der Waals surface area contributed by atoms with Gasteiger partial charge in [0.25, 0.3) is 0 Å². The predicted octanol–water partition coefficient (Wildman–Crippen LogP) is 4.32. The molecule has 8 N–H and O–H groups in total. The largest absolute Gasteiger partial charge is 0.379 e. The number of nitriles is 1. The maximum absolute atomic E-state index is 13.9. The SMILES string of the molecule is N#Cc1ccc(NC2CCC(N(C(=O)NCc3ccccc3)c3ccc(N4CCN(CCCC(=O)Nc5cccc6c5[C@@H](O)N([C@@H]5CC[C@@H](O)N[C@@H]5O)[C@@H]6O)CC4)cc3)CC2)nc1. The fourth-order valence-corrected chi connectivity index (χ4v) is 9.52. The molecular weight excluding hydrogens is 801 g/mol. The monoisotopic (exact) mass is 858 g/mol. The smallest absolute Gasteiger partial charge is 0.322 e. The highest BCUT2D eigenvalue weighted by Gasteiger charge is 2.46. The van der Waals surface area contributed by atoms with Crippen LogP contribution in [0.15, 0.2) is 91.1 Å². The molecule has 1 saturated carbocycles. The Balaban J connectivity index is 0.820. The quantitative estimate of drug-likeness (QED) is 0.0943. The average Bonchev–Trinajstić information content (AvgIpc) is 3.56. The Bertz CT molecular complexity index is 2190. The minimum Gasteiger partial charge on any atom is -0.379 e. The Kier molecular flexibility index (Phi) is 14.1. The third kappa shape index (κ3) is 10.4. The van der Waals surface area contributed by atoms with E-state index in [4.69, 9.17) is 5.26 Å². The molecule has 2 saturated heterocycles. The number of fused-ring (bicyclic) bond motifs is 1. The maximum atomic E-state index is 13.9. The van der Waals surface area contributed by atoms with Crippen molar-refractivity contribution in [3.05, 3.63) is 113 Å². The molecule has 4 aliphatic rings. The number of aliphatic hydroxyl groups excluding tert-OH is 4. The van der Waals surface area contributed by atoms with Gasteiger partial charge < -0.3 is 41.3 Å². The number of hydrogen-bond acceptors (Lipinski definition) is 13. The van der Waals surface area contributed by atoms with Crippen molar-refractivity contribution in [1.82, 2.24) is 25.4 Å². The normalized spacial score (nSPS) is 25.1. The summed E-state index contributed by atoms with van der Waals surface area (Å²) in [6.45, 7) is 4.54. The van der Waals surface area contributed by atoms with E-state index in [-0.39, 0.29) is 24.0 Å². The van der Waals surface area contributed by atoms with E-state index < -0.39 is 31.0 Å².